The van der Waals surface area contributed by atoms with Gasteiger partial charge in [-0.25, -0.2) is 4.68 Å². The maximum Gasteiger partial charge on any atom is 0.309 e. The number of tetrazole rings is 2. The normalized spacial score (nSPS) is 18.7. The topological polar surface area (TPSA) is 125 Å². The summed E-state index contributed by atoms with van der Waals surface area (Å²) in [6.45, 7) is 3.67. The first-order valence-electron chi connectivity index (χ1n) is 13.5. The number of likely N-dealkylation sites (tertiary alicyclic amines) is 1. The van der Waals surface area contributed by atoms with Crippen molar-refractivity contribution in [3.05, 3.63) is 35.7 Å². The monoisotopic (exact) mass is 519 g/mol. The highest BCUT2D eigenvalue weighted by molar-refractivity contribution is 5.84. The van der Waals surface area contributed by atoms with Gasteiger partial charge in [-0.3, -0.25) is 9.69 Å². The Balaban J connectivity index is 1.45. The molecule has 12 nitrogen and oxygen atoms in total. The summed E-state index contributed by atoms with van der Waals surface area (Å²) in [5.41, 5.74) is 2.45. The zero-order valence-electron chi connectivity index (χ0n) is 21.9. The Labute approximate surface area is 220 Å². The number of rotatable bonds is 7. The molecule has 0 N–H and O–H groups in total. The number of carbonyl (C=O) groups is 1. The summed E-state index contributed by atoms with van der Waals surface area (Å²) < 4.78 is 14.6. The number of nitrogens with zero attached hydrogens (tertiary/aromatic N) is 9. The van der Waals surface area contributed by atoms with Crippen LogP contribution < -0.4 is 4.74 Å². The molecule has 0 radical (unpaired) electrons. The van der Waals surface area contributed by atoms with Crippen LogP contribution in [0.1, 0.15) is 75.3 Å². The van der Waals surface area contributed by atoms with Crippen molar-refractivity contribution in [2.24, 2.45) is 5.92 Å². The van der Waals surface area contributed by atoms with Crippen LogP contribution in [0.3, 0.4) is 0 Å². The van der Waals surface area contributed by atoms with Crippen molar-refractivity contribution in [1.82, 2.24) is 45.1 Å². The van der Waals surface area contributed by atoms with Crippen molar-refractivity contribution >= 4 is 22.5 Å². The lowest BCUT2D eigenvalue weighted by Gasteiger charge is -2.37. The first-order chi connectivity index (χ1) is 18.7. The van der Waals surface area contributed by atoms with Crippen LogP contribution in [0.4, 0.5) is 0 Å². The van der Waals surface area contributed by atoms with Gasteiger partial charge in [-0.15, -0.1) is 10.2 Å². The summed E-state index contributed by atoms with van der Waals surface area (Å²) in [5, 5.41) is 27.0. The summed E-state index contributed by atoms with van der Waals surface area (Å²) in [6.07, 6.45) is 7.16. The standard InChI is InChI=1S/C26H33N9O3/c1-3-38-26(36)17-11-13-33(14-12-17)23(25-28-30-31-34(25)19-7-5-4-6-8-19)21-15-18-9-10-20(37-2)16-22(18)35-24(21)27-29-32-35/h9-10,15-17,19,23H,3-8,11-14H2,1-2H3/t23-/m1/s1. The molecule has 38 heavy (non-hydrogen) atoms. The van der Waals surface area contributed by atoms with Gasteiger partial charge >= 0.3 is 5.97 Å². The average molecular weight is 520 g/mol. The van der Waals surface area contributed by atoms with E-state index in [4.69, 9.17) is 9.47 Å². The molecule has 0 amide bonds. The second-order valence-corrected chi connectivity index (χ2v) is 10.2. The number of hydrogen-bond acceptors (Lipinski definition) is 10. The predicted molar refractivity (Wildman–Crippen MR) is 138 cm³/mol. The molecule has 4 aromatic rings. The molecule has 1 aromatic carbocycles. The van der Waals surface area contributed by atoms with Crippen molar-refractivity contribution in [2.75, 3.05) is 26.8 Å². The van der Waals surface area contributed by atoms with E-state index in [1.807, 2.05) is 29.8 Å². The van der Waals surface area contributed by atoms with E-state index in [-0.39, 0.29) is 24.0 Å². The van der Waals surface area contributed by atoms with Gasteiger partial charge in [0.05, 0.1) is 31.2 Å². The molecule has 2 fully saturated rings. The van der Waals surface area contributed by atoms with Crippen LogP contribution >= 0.6 is 0 Å². The van der Waals surface area contributed by atoms with Crippen LogP contribution in [0.5, 0.6) is 5.75 Å². The fourth-order valence-corrected chi connectivity index (χ4v) is 6.04. The minimum absolute atomic E-state index is 0.0972. The maximum absolute atomic E-state index is 12.5. The van der Waals surface area contributed by atoms with E-state index < -0.39 is 0 Å². The van der Waals surface area contributed by atoms with Crippen molar-refractivity contribution in [2.45, 2.75) is 64.0 Å². The number of pyridine rings is 1. The Morgan fingerprint density at radius 2 is 1.82 bits per heavy atom. The molecule has 1 saturated heterocycles. The van der Waals surface area contributed by atoms with Crippen LogP contribution in [0.2, 0.25) is 0 Å². The molecular weight excluding hydrogens is 486 g/mol. The fourth-order valence-electron chi connectivity index (χ4n) is 6.04. The molecular formula is C26H33N9O3. The Morgan fingerprint density at radius 3 is 2.58 bits per heavy atom. The molecule has 1 aliphatic heterocycles. The Kier molecular flexibility index (Phi) is 6.88. The van der Waals surface area contributed by atoms with E-state index in [1.165, 1.54) is 19.3 Å². The van der Waals surface area contributed by atoms with Gasteiger partial charge in [0.1, 0.15) is 11.8 Å². The number of carbonyl (C=O) groups excluding carboxylic acids is 1. The van der Waals surface area contributed by atoms with E-state index >= 15 is 0 Å². The van der Waals surface area contributed by atoms with Crippen molar-refractivity contribution in [1.29, 1.82) is 0 Å². The molecule has 0 unspecified atom stereocenters. The highest BCUT2D eigenvalue weighted by Gasteiger charge is 2.36. The number of hydrogen-bond donors (Lipinski definition) is 0. The van der Waals surface area contributed by atoms with Crippen molar-refractivity contribution in [3.63, 3.8) is 0 Å². The van der Waals surface area contributed by atoms with Gasteiger partial charge in [0.2, 0.25) is 0 Å². The van der Waals surface area contributed by atoms with Gasteiger partial charge < -0.3 is 9.47 Å². The molecule has 0 spiro atoms. The first kappa shape index (κ1) is 24.7. The predicted octanol–water partition coefficient (Wildman–Crippen LogP) is 3.14. The minimum Gasteiger partial charge on any atom is -0.497 e. The molecule has 1 saturated carbocycles. The molecule has 2 aliphatic rings. The fraction of sp³-hybridized carbons (Fsp3) is 0.577. The summed E-state index contributed by atoms with van der Waals surface area (Å²) in [6, 6.07) is 8.04. The zero-order chi connectivity index (χ0) is 26.1. The molecule has 1 aliphatic carbocycles. The van der Waals surface area contributed by atoms with Crippen LogP contribution in [0.15, 0.2) is 24.3 Å². The SMILES string of the molecule is CCOC(=O)C1CCN([C@H](c2cc3ccc(OC)cc3n3nnnc23)c2nnnn2C2CCCCC2)CC1. The van der Waals surface area contributed by atoms with E-state index in [0.29, 0.717) is 38.2 Å². The average Bonchev–Trinajstić information content (AvgIpc) is 3.65. The van der Waals surface area contributed by atoms with E-state index in [9.17, 15) is 4.79 Å². The Hall–Kier alpha value is -3.67. The summed E-state index contributed by atoms with van der Waals surface area (Å²) in [4.78, 5) is 14.8. The minimum atomic E-state index is -0.268. The highest BCUT2D eigenvalue weighted by Crippen LogP contribution is 2.38. The first-order valence-corrected chi connectivity index (χ1v) is 13.5. The number of esters is 1. The number of aromatic nitrogens is 8. The maximum atomic E-state index is 12.5. The number of methoxy groups -OCH3 is 1. The summed E-state index contributed by atoms with van der Waals surface area (Å²) in [7, 11) is 1.65. The van der Waals surface area contributed by atoms with E-state index in [0.717, 1.165) is 40.9 Å². The molecule has 0 bridgehead atoms. The highest BCUT2D eigenvalue weighted by atomic mass is 16.5. The van der Waals surface area contributed by atoms with Crippen LogP contribution in [-0.4, -0.2) is 77.9 Å². The van der Waals surface area contributed by atoms with Crippen LogP contribution in [0, 0.1) is 5.92 Å². The second kappa shape index (κ2) is 10.6. The molecule has 1 atom stereocenters. The summed E-state index contributed by atoms with van der Waals surface area (Å²) in [5.74, 6) is 1.32. The van der Waals surface area contributed by atoms with Gasteiger partial charge in [-0.2, -0.15) is 4.52 Å². The van der Waals surface area contributed by atoms with Gasteiger partial charge in [-0.05, 0) is 71.7 Å². The Bertz CT molecular complexity index is 1420. The second-order valence-electron chi connectivity index (χ2n) is 10.2. The number of piperidine rings is 1. The third-order valence-electron chi connectivity index (χ3n) is 8.00. The number of ether oxygens (including phenoxy) is 2. The van der Waals surface area contributed by atoms with E-state index in [2.05, 4.69) is 42.0 Å². The van der Waals surface area contributed by atoms with Gasteiger partial charge in [0.15, 0.2) is 11.5 Å². The molecule has 4 heterocycles. The van der Waals surface area contributed by atoms with Gasteiger partial charge in [-0.1, -0.05) is 19.3 Å². The van der Waals surface area contributed by atoms with Crippen LogP contribution in [-0.2, 0) is 9.53 Å². The van der Waals surface area contributed by atoms with Crippen molar-refractivity contribution < 1.29 is 14.3 Å². The lowest BCUT2D eigenvalue weighted by atomic mass is 9.92. The quantitative estimate of drug-likeness (QED) is 0.336. The molecule has 3 aromatic heterocycles. The zero-order valence-corrected chi connectivity index (χ0v) is 21.9. The van der Waals surface area contributed by atoms with Gasteiger partial charge in [0, 0.05) is 30.1 Å². The smallest absolute Gasteiger partial charge is 0.309 e. The third-order valence-corrected chi connectivity index (χ3v) is 8.00. The number of fused-ring (bicyclic) bond motifs is 3. The summed E-state index contributed by atoms with van der Waals surface area (Å²) >= 11 is 0. The molecule has 6 rings (SSSR count). The lowest BCUT2D eigenvalue weighted by molar-refractivity contribution is -0.149. The third kappa shape index (κ3) is 4.46. The van der Waals surface area contributed by atoms with Crippen LogP contribution in [0.25, 0.3) is 16.6 Å². The van der Waals surface area contributed by atoms with Gasteiger partial charge in [0.25, 0.3) is 0 Å². The van der Waals surface area contributed by atoms with E-state index in [1.54, 1.807) is 11.6 Å². The Morgan fingerprint density at radius 1 is 1.03 bits per heavy atom. The number of benzene rings is 1. The largest absolute Gasteiger partial charge is 0.497 e. The molecule has 12 heteroatoms. The lowest BCUT2D eigenvalue weighted by Crippen LogP contribution is -2.41. The molecule has 200 valence electrons. The van der Waals surface area contributed by atoms with Crippen molar-refractivity contribution in [3.8, 4) is 5.75 Å².